The van der Waals surface area contributed by atoms with Crippen molar-refractivity contribution in [2.45, 2.75) is 39.7 Å². The number of fused-ring (bicyclic) bond motifs is 1. The number of hydrogen-bond donors (Lipinski definition) is 0. The molecule has 33 heavy (non-hydrogen) atoms. The Hall–Kier alpha value is -3.60. The normalized spacial score (nSPS) is 16.0. The highest BCUT2D eigenvalue weighted by Gasteiger charge is 2.35. The van der Waals surface area contributed by atoms with Crippen molar-refractivity contribution in [1.82, 2.24) is 9.55 Å². The number of hydrogen-bond acceptors (Lipinski definition) is 3. The summed E-state index contributed by atoms with van der Waals surface area (Å²) in [5.41, 5.74) is 6.57. The third kappa shape index (κ3) is 4.36. The van der Waals surface area contributed by atoms with Gasteiger partial charge >= 0.3 is 0 Å². The quantitative estimate of drug-likeness (QED) is 0.395. The largest absolute Gasteiger partial charge is 0.492 e. The van der Waals surface area contributed by atoms with E-state index in [1.807, 2.05) is 35.2 Å². The van der Waals surface area contributed by atoms with Crippen LogP contribution < -0.4 is 9.64 Å². The van der Waals surface area contributed by atoms with Gasteiger partial charge in [0.1, 0.15) is 18.2 Å². The molecule has 1 aliphatic rings. The Bertz CT molecular complexity index is 1290. The molecule has 0 saturated carbocycles. The molecule has 1 fully saturated rings. The van der Waals surface area contributed by atoms with E-state index in [4.69, 9.17) is 9.72 Å². The van der Waals surface area contributed by atoms with Gasteiger partial charge in [-0.15, -0.1) is 0 Å². The Morgan fingerprint density at radius 2 is 1.67 bits per heavy atom. The number of aromatic nitrogens is 2. The van der Waals surface area contributed by atoms with E-state index in [9.17, 15) is 4.79 Å². The van der Waals surface area contributed by atoms with Crippen LogP contribution in [0.5, 0.6) is 5.75 Å². The summed E-state index contributed by atoms with van der Waals surface area (Å²) in [6, 6.07) is 22.6. The molecular weight excluding hydrogens is 410 g/mol. The molecule has 1 atom stereocenters. The molecule has 1 aromatic heterocycles. The second-order valence-electron chi connectivity index (χ2n) is 9.02. The van der Waals surface area contributed by atoms with Gasteiger partial charge in [-0.05, 0) is 68.3 Å². The molecule has 4 aromatic rings. The number of aryl methyl sites for hydroxylation is 3. The molecule has 1 amide bonds. The maximum atomic E-state index is 13.0. The lowest BCUT2D eigenvalue weighted by Crippen LogP contribution is -2.25. The fourth-order valence-electron chi connectivity index (χ4n) is 4.77. The standard InChI is InChI=1S/C28H29N3O2/c1-19-8-10-24(11-9-19)33-13-12-30-26-7-5-4-6-25(26)29-28(30)22-17-27(32)31(18-22)23-15-20(2)14-21(3)16-23/h4-11,14-16,22H,12-13,17-18H2,1-3H3/t22-/m1/s1. The highest BCUT2D eigenvalue weighted by atomic mass is 16.5. The van der Waals surface area contributed by atoms with Gasteiger partial charge in [0.25, 0.3) is 0 Å². The first-order valence-corrected chi connectivity index (χ1v) is 11.5. The number of anilines is 1. The fourth-order valence-corrected chi connectivity index (χ4v) is 4.77. The molecule has 0 unspecified atom stereocenters. The van der Waals surface area contributed by atoms with E-state index in [1.165, 1.54) is 16.7 Å². The maximum absolute atomic E-state index is 13.0. The molecule has 5 nitrogen and oxygen atoms in total. The maximum Gasteiger partial charge on any atom is 0.227 e. The van der Waals surface area contributed by atoms with Crippen molar-refractivity contribution in [2.24, 2.45) is 0 Å². The first kappa shape index (κ1) is 21.3. The zero-order valence-electron chi connectivity index (χ0n) is 19.4. The monoisotopic (exact) mass is 439 g/mol. The lowest BCUT2D eigenvalue weighted by molar-refractivity contribution is -0.117. The highest BCUT2D eigenvalue weighted by molar-refractivity contribution is 5.96. The summed E-state index contributed by atoms with van der Waals surface area (Å²) >= 11 is 0. The van der Waals surface area contributed by atoms with Gasteiger partial charge in [0, 0.05) is 24.6 Å². The minimum Gasteiger partial charge on any atom is -0.492 e. The summed E-state index contributed by atoms with van der Waals surface area (Å²) in [6.45, 7) is 8.07. The predicted molar refractivity (Wildman–Crippen MR) is 132 cm³/mol. The Labute approximate surface area is 194 Å². The molecule has 1 saturated heterocycles. The number of nitrogens with zero attached hydrogens (tertiary/aromatic N) is 3. The lowest BCUT2D eigenvalue weighted by atomic mass is 10.1. The number of para-hydroxylation sites is 2. The Kier molecular flexibility index (Phi) is 5.63. The van der Waals surface area contributed by atoms with E-state index in [-0.39, 0.29) is 11.8 Å². The van der Waals surface area contributed by atoms with Crippen LogP contribution in [0.4, 0.5) is 5.69 Å². The topological polar surface area (TPSA) is 47.4 Å². The van der Waals surface area contributed by atoms with Gasteiger partial charge in [0.05, 0.1) is 17.6 Å². The molecule has 5 heteroatoms. The molecule has 0 bridgehead atoms. The molecule has 0 N–H and O–H groups in total. The number of benzene rings is 3. The molecule has 5 rings (SSSR count). The SMILES string of the molecule is Cc1ccc(OCCn2c([C@@H]3CC(=O)N(c4cc(C)cc(C)c4)C3)nc3ccccc32)cc1. The number of carbonyl (C=O) groups excluding carboxylic acids is 1. The van der Waals surface area contributed by atoms with Crippen LogP contribution in [0.25, 0.3) is 11.0 Å². The lowest BCUT2D eigenvalue weighted by Gasteiger charge is -2.19. The molecule has 0 radical (unpaired) electrons. The molecule has 168 valence electrons. The molecule has 3 aromatic carbocycles. The summed E-state index contributed by atoms with van der Waals surface area (Å²) in [6.07, 6.45) is 0.467. The minimum atomic E-state index is 0.0464. The van der Waals surface area contributed by atoms with Crippen LogP contribution >= 0.6 is 0 Å². The van der Waals surface area contributed by atoms with Crippen LogP contribution in [0, 0.1) is 20.8 Å². The predicted octanol–water partition coefficient (Wildman–Crippen LogP) is 5.56. The van der Waals surface area contributed by atoms with Crippen molar-refractivity contribution >= 4 is 22.6 Å². The third-order valence-corrected chi connectivity index (χ3v) is 6.30. The summed E-state index contributed by atoms with van der Waals surface area (Å²) < 4.78 is 8.24. The molecule has 2 heterocycles. The third-order valence-electron chi connectivity index (χ3n) is 6.30. The van der Waals surface area contributed by atoms with Crippen molar-refractivity contribution in [1.29, 1.82) is 0 Å². The average Bonchev–Trinajstić information content (AvgIpc) is 3.35. The number of amides is 1. The summed E-state index contributed by atoms with van der Waals surface area (Å²) in [5.74, 6) is 2.03. The van der Waals surface area contributed by atoms with Gasteiger partial charge in [-0.25, -0.2) is 4.98 Å². The Morgan fingerprint density at radius 1 is 0.939 bits per heavy atom. The van der Waals surface area contributed by atoms with E-state index in [0.29, 0.717) is 26.1 Å². The van der Waals surface area contributed by atoms with Crippen molar-refractivity contribution in [3.63, 3.8) is 0 Å². The van der Waals surface area contributed by atoms with Gasteiger partial charge < -0.3 is 14.2 Å². The van der Waals surface area contributed by atoms with Gasteiger partial charge in [-0.3, -0.25) is 4.79 Å². The molecule has 1 aliphatic heterocycles. The van der Waals surface area contributed by atoms with Gasteiger partial charge in [0.2, 0.25) is 5.91 Å². The zero-order valence-corrected chi connectivity index (χ0v) is 19.4. The minimum absolute atomic E-state index is 0.0464. The summed E-state index contributed by atoms with van der Waals surface area (Å²) in [7, 11) is 0. The fraction of sp³-hybridized carbons (Fsp3) is 0.286. The van der Waals surface area contributed by atoms with Gasteiger partial charge in [-0.2, -0.15) is 0 Å². The van der Waals surface area contributed by atoms with Gasteiger partial charge in [0.15, 0.2) is 0 Å². The van der Waals surface area contributed by atoms with E-state index >= 15 is 0 Å². The molecule has 0 spiro atoms. The first-order valence-electron chi connectivity index (χ1n) is 11.5. The smallest absolute Gasteiger partial charge is 0.227 e. The van der Waals surface area contributed by atoms with Crippen LogP contribution in [0.3, 0.4) is 0 Å². The Morgan fingerprint density at radius 3 is 2.42 bits per heavy atom. The van der Waals surface area contributed by atoms with E-state index < -0.39 is 0 Å². The Balaban J connectivity index is 1.40. The van der Waals surface area contributed by atoms with Crippen LogP contribution in [0.2, 0.25) is 0 Å². The van der Waals surface area contributed by atoms with Crippen LogP contribution in [0.1, 0.15) is 34.9 Å². The van der Waals surface area contributed by atoms with E-state index in [1.54, 1.807) is 0 Å². The van der Waals surface area contributed by atoms with Crippen molar-refractivity contribution in [3.8, 4) is 5.75 Å². The summed E-state index contributed by atoms with van der Waals surface area (Å²) in [5, 5.41) is 0. The zero-order chi connectivity index (χ0) is 22.9. The highest BCUT2D eigenvalue weighted by Crippen LogP contribution is 2.34. The van der Waals surface area contributed by atoms with E-state index in [0.717, 1.165) is 28.3 Å². The first-order chi connectivity index (χ1) is 16.0. The van der Waals surface area contributed by atoms with Crippen LogP contribution in [0.15, 0.2) is 66.7 Å². The number of rotatable bonds is 6. The number of ether oxygens (including phenoxy) is 1. The number of carbonyl (C=O) groups is 1. The van der Waals surface area contributed by atoms with Crippen LogP contribution in [-0.2, 0) is 11.3 Å². The van der Waals surface area contributed by atoms with Crippen molar-refractivity contribution < 1.29 is 9.53 Å². The van der Waals surface area contributed by atoms with Crippen molar-refractivity contribution in [3.05, 3.63) is 89.2 Å². The van der Waals surface area contributed by atoms with Crippen molar-refractivity contribution in [2.75, 3.05) is 18.1 Å². The second kappa shape index (κ2) is 8.74. The van der Waals surface area contributed by atoms with Crippen LogP contribution in [-0.4, -0.2) is 28.6 Å². The van der Waals surface area contributed by atoms with Gasteiger partial charge in [-0.1, -0.05) is 35.9 Å². The molecular formula is C28H29N3O2. The summed E-state index contributed by atoms with van der Waals surface area (Å²) in [4.78, 5) is 19.9. The molecule has 0 aliphatic carbocycles. The average molecular weight is 440 g/mol. The second-order valence-corrected chi connectivity index (χ2v) is 9.02. The van der Waals surface area contributed by atoms with E-state index in [2.05, 4.69) is 61.7 Å². The number of imidazole rings is 1.